The highest BCUT2D eigenvalue weighted by Crippen LogP contribution is 1.90. The largest absolute Gasteiger partial charge is 0.395 e. The fourth-order valence-electron chi connectivity index (χ4n) is 1.26. The molecule has 0 aromatic carbocycles. The van der Waals surface area contributed by atoms with Crippen molar-refractivity contribution in [3.05, 3.63) is 0 Å². The van der Waals surface area contributed by atoms with E-state index in [0.29, 0.717) is 26.2 Å². The highest BCUT2D eigenvalue weighted by atomic mass is 16.5. The van der Waals surface area contributed by atoms with Gasteiger partial charge in [-0.3, -0.25) is 4.79 Å². The zero-order valence-electron chi connectivity index (χ0n) is 10.7. The Bertz CT molecular complexity index is 190. The normalized spacial score (nSPS) is 12.4. The molecule has 1 unspecified atom stereocenters. The fourth-order valence-corrected chi connectivity index (χ4v) is 1.26. The molecule has 0 aliphatic heterocycles. The molecule has 102 valence electrons. The van der Waals surface area contributed by atoms with Crippen molar-refractivity contribution in [1.29, 1.82) is 0 Å². The minimum atomic E-state index is -0.0975. The maximum atomic E-state index is 11.4. The van der Waals surface area contributed by atoms with E-state index in [9.17, 15) is 4.79 Å². The molecule has 0 rings (SSSR count). The number of carbonyl (C=O) groups excluding carboxylic acids is 1. The lowest BCUT2D eigenvalue weighted by Gasteiger charge is -2.15. The van der Waals surface area contributed by atoms with E-state index in [1.807, 2.05) is 0 Å². The number of aliphatic hydroxyl groups excluding tert-OH is 1. The molecule has 0 aliphatic carbocycles. The molecule has 0 spiro atoms. The standard InChI is InChI=1S/C11H24N2O4/c1-16-6-3-5-12-11(15)8-13-10(9-14)4-7-17-2/h10,13-14H,3-9H2,1-2H3,(H,12,15). The summed E-state index contributed by atoms with van der Waals surface area (Å²) in [6.07, 6.45) is 1.49. The quantitative estimate of drug-likeness (QED) is 0.414. The highest BCUT2D eigenvalue weighted by Gasteiger charge is 2.08. The zero-order valence-corrected chi connectivity index (χ0v) is 10.7. The molecular formula is C11H24N2O4. The lowest BCUT2D eigenvalue weighted by molar-refractivity contribution is -0.120. The first-order valence-corrected chi connectivity index (χ1v) is 5.83. The average molecular weight is 248 g/mol. The number of carbonyl (C=O) groups is 1. The van der Waals surface area contributed by atoms with E-state index in [4.69, 9.17) is 14.6 Å². The monoisotopic (exact) mass is 248 g/mol. The van der Waals surface area contributed by atoms with Crippen molar-refractivity contribution in [3.63, 3.8) is 0 Å². The summed E-state index contributed by atoms with van der Waals surface area (Å²) in [5.41, 5.74) is 0. The Morgan fingerprint density at radius 2 is 2.00 bits per heavy atom. The van der Waals surface area contributed by atoms with Gasteiger partial charge < -0.3 is 25.2 Å². The van der Waals surface area contributed by atoms with E-state index in [-0.39, 0.29) is 25.1 Å². The molecule has 0 saturated carbocycles. The van der Waals surface area contributed by atoms with Gasteiger partial charge in [0.25, 0.3) is 0 Å². The number of methoxy groups -OCH3 is 2. The lowest BCUT2D eigenvalue weighted by Crippen LogP contribution is -2.41. The van der Waals surface area contributed by atoms with Crippen LogP contribution in [0.4, 0.5) is 0 Å². The number of hydrogen-bond acceptors (Lipinski definition) is 5. The van der Waals surface area contributed by atoms with Gasteiger partial charge in [0.2, 0.25) is 5.91 Å². The van der Waals surface area contributed by atoms with Gasteiger partial charge in [0.05, 0.1) is 13.2 Å². The average Bonchev–Trinajstić information content (AvgIpc) is 2.35. The first-order chi connectivity index (χ1) is 8.24. The zero-order chi connectivity index (χ0) is 12.9. The predicted molar refractivity (Wildman–Crippen MR) is 64.9 cm³/mol. The summed E-state index contributed by atoms with van der Waals surface area (Å²) >= 11 is 0. The molecule has 0 radical (unpaired) electrons. The Balaban J connectivity index is 3.52. The summed E-state index contributed by atoms with van der Waals surface area (Å²) < 4.78 is 9.78. The third-order valence-corrected chi connectivity index (χ3v) is 2.29. The van der Waals surface area contributed by atoms with Crippen molar-refractivity contribution in [3.8, 4) is 0 Å². The summed E-state index contributed by atoms with van der Waals surface area (Å²) in [5.74, 6) is -0.0723. The predicted octanol–water partition coefficient (Wildman–Crippen LogP) is -0.874. The van der Waals surface area contributed by atoms with Crippen molar-refractivity contribution in [2.24, 2.45) is 0 Å². The van der Waals surface area contributed by atoms with Crippen molar-refractivity contribution in [2.75, 3.05) is 47.1 Å². The molecule has 1 amide bonds. The number of ether oxygens (including phenoxy) is 2. The highest BCUT2D eigenvalue weighted by molar-refractivity contribution is 5.77. The molecule has 0 saturated heterocycles. The van der Waals surface area contributed by atoms with E-state index < -0.39 is 0 Å². The second kappa shape index (κ2) is 11.8. The van der Waals surface area contributed by atoms with Gasteiger partial charge in [0.1, 0.15) is 0 Å². The number of amides is 1. The minimum absolute atomic E-state index is 0.000312. The van der Waals surface area contributed by atoms with Gasteiger partial charge in [0, 0.05) is 40.0 Å². The van der Waals surface area contributed by atoms with Crippen LogP contribution in [0.2, 0.25) is 0 Å². The molecule has 17 heavy (non-hydrogen) atoms. The summed E-state index contributed by atoms with van der Waals surface area (Å²) in [6.45, 7) is 2.02. The molecule has 0 aromatic rings. The van der Waals surface area contributed by atoms with Crippen LogP contribution in [-0.4, -0.2) is 64.2 Å². The van der Waals surface area contributed by atoms with Crippen molar-refractivity contribution >= 4 is 5.91 Å². The van der Waals surface area contributed by atoms with E-state index in [0.717, 1.165) is 6.42 Å². The van der Waals surface area contributed by atoms with E-state index >= 15 is 0 Å². The molecule has 0 fully saturated rings. The Morgan fingerprint density at radius 1 is 1.29 bits per heavy atom. The van der Waals surface area contributed by atoms with Gasteiger partial charge in [-0.1, -0.05) is 0 Å². The lowest BCUT2D eigenvalue weighted by atomic mass is 10.2. The molecular weight excluding hydrogens is 224 g/mol. The van der Waals surface area contributed by atoms with E-state index in [1.54, 1.807) is 14.2 Å². The molecule has 6 nitrogen and oxygen atoms in total. The molecule has 3 N–H and O–H groups in total. The van der Waals surface area contributed by atoms with Crippen LogP contribution in [0.1, 0.15) is 12.8 Å². The third-order valence-electron chi connectivity index (χ3n) is 2.29. The van der Waals surface area contributed by atoms with Gasteiger partial charge in [-0.15, -0.1) is 0 Å². The molecule has 0 bridgehead atoms. The third kappa shape index (κ3) is 10.2. The number of hydrogen-bond donors (Lipinski definition) is 3. The second-order valence-corrected chi connectivity index (χ2v) is 3.74. The first kappa shape index (κ1) is 16.3. The number of rotatable bonds is 11. The van der Waals surface area contributed by atoms with Crippen LogP contribution in [0.25, 0.3) is 0 Å². The van der Waals surface area contributed by atoms with Crippen LogP contribution in [-0.2, 0) is 14.3 Å². The molecule has 6 heteroatoms. The van der Waals surface area contributed by atoms with Crippen LogP contribution >= 0.6 is 0 Å². The van der Waals surface area contributed by atoms with Crippen molar-refractivity contribution in [1.82, 2.24) is 10.6 Å². The molecule has 0 heterocycles. The van der Waals surface area contributed by atoms with Gasteiger partial charge in [0.15, 0.2) is 0 Å². The van der Waals surface area contributed by atoms with Crippen molar-refractivity contribution in [2.45, 2.75) is 18.9 Å². The van der Waals surface area contributed by atoms with Gasteiger partial charge in [-0.2, -0.15) is 0 Å². The minimum Gasteiger partial charge on any atom is -0.395 e. The van der Waals surface area contributed by atoms with Crippen LogP contribution < -0.4 is 10.6 Å². The second-order valence-electron chi connectivity index (χ2n) is 3.74. The maximum Gasteiger partial charge on any atom is 0.233 e. The molecule has 0 aliphatic rings. The molecule has 0 aromatic heterocycles. The van der Waals surface area contributed by atoms with Gasteiger partial charge in [-0.05, 0) is 12.8 Å². The van der Waals surface area contributed by atoms with E-state index in [2.05, 4.69) is 10.6 Å². The summed E-state index contributed by atoms with van der Waals surface area (Å²) in [7, 11) is 3.24. The Kier molecular flexibility index (Phi) is 11.3. The first-order valence-electron chi connectivity index (χ1n) is 5.83. The Hall–Kier alpha value is -0.690. The summed E-state index contributed by atoms with van der Waals surface area (Å²) in [6, 6.07) is -0.0975. The van der Waals surface area contributed by atoms with Gasteiger partial charge >= 0.3 is 0 Å². The SMILES string of the molecule is COCCCNC(=O)CNC(CO)CCOC. The topological polar surface area (TPSA) is 79.8 Å². The molecule has 1 atom stereocenters. The number of aliphatic hydroxyl groups is 1. The maximum absolute atomic E-state index is 11.4. The smallest absolute Gasteiger partial charge is 0.233 e. The van der Waals surface area contributed by atoms with Crippen LogP contribution in [0.15, 0.2) is 0 Å². The summed E-state index contributed by atoms with van der Waals surface area (Å²) in [5, 5.41) is 14.8. The van der Waals surface area contributed by atoms with E-state index in [1.165, 1.54) is 0 Å². The Labute approximate surface area is 103 Å². The van der Waals surface area contributed by atoms with Gasteiger partial charge in [-0.25, -0.2) is 0 Å². The summed E-state index contributed by atoms with van der Waals surface area (Å²) in [4.78, 5) is 11.4. The number of nitrogens with one attached hydrogen (secondary N) is 2. The van der Waals surface area contributed by atoms with Crippen LogP contribution in [0.3, 0.4) is 0 Å². The Morgan fingerprint density at radius 3 is 2.59 bits per heavy atom. The van der Waals surface area contributed by atoms with Crippen LogP contribution in [0.5, 0.6) is 0 Å². The van der Waals surface area contributed by atoms with Crippen molar-refractivity contribution < 1.29 is 19.4 Å². The van der Waals surface area contributed by atoms with Crippen LogP contribution in [0, 0.1) is 0 Å². The fraction of sp³-hybridized carbons (Fsp3) is 0.909.